The minimum absolute atomic E-state index is 0.689. The lowest BCUT2D eigenvalue weighted by Gasteiger charge is -2.23. The highest BCUT2D eigenvalue weighted by Crippen LogP contribution is 2.21. The lowest BCUT2D eigenvalue weighted by Crippen LogP contribution is -2.32. The van der Waals surface area contributed by atoms with Crippen molar-refractivity contribution in [3.8, 4) is 0 Å². The second-order valence-electron chi connectivity index (χ2n) is 4.50. The lowest BCUT2D eigenvalue weighted by molar-refractivity contribution is 0.236. The van der Waals surface area contributed by atoms with Gasteiger partial charge < -0.3 is 9.80 Å². The molecule has 0 bridgehead atoms. The summed E-state index contributed by atoms with van der Waals surface area (Å²) in [6.45, 7) is 9.59. The molecule has 0 amide bonds. The van der Waals surface area contributed by atoms with Crippen molar-refractivity contribution in [1.82, 2.24) is 9.80 Å². The molecule has 0 saturated heterocycles. The third-order valence-electron chi connectivity index (χ3n) is 3.15. The van der Waals surface area contributed by atoms with E-state index in [0.29, 0.717) is 5.02 Å². The van der Waals surface area contributed by atoms with E-state index < -0.39 is 0 Å². The van der Waals surface area contributed by atoms with Crippen LogP contribution in [0.3, 0.4) is 0 Å². The molecule has 0 heterocycles. The van der Waals surface area contributed by atoms with Gasteiger partial charge in [0.2, 0.25) is 0 Å². The predicted molar refractivity (Wildman–Crippen MR) is 80.6 cm³/mol. The van der Waals surface area contributed by atoms with E-state index >= 15 is 0 Å². The van der Waals surface area contributed by atoms with E-state index in [9.17, 15) is 0 Å². The molecule has 0 aliphatic carbocycles. The molecule has 4 heteroatoms. The van der Waals surface area contributed by atoms with Gasteiger partial charge in [0.05, 0.1) is 0 Å². The van der Waals surface area contributed by atoms with Crippen LogP contribution >= 0.6 is 23.2 Å². The zero-order valence-corrected chi connectivity index (χ0v) is 12.9. The molecule has 1 aromatic carbocycles. The van der Waals surface area contributed by atoms with Gasteiger partial charge in [0.25, 0.3) is 0 Å². The molecule has 0 radical (unpaired) electrons. The SMILES string of the molecule is CCN(CC)CCN(C)Cc1ccc(Cl)cc1Cl. The molecule has 2 nitrogen and oxygen atoms in total. The molecule has 0 atom stereocenters. The first-order valence-electron chi connectivity index (χ1n) is 6.41. The van der Waals surface area contributed by atoms with Crippen LogP contribution in [0, 0.1) is 0 Å². The van der Waals surface area contributed by atoms with Crippen molar-refractivity contribution in [1.29, 1.82) is 0 Å². The van der Waals surface area contributed by atoms with Gasteiger partial charge in [-0.1, -0.05) is 43.1 Å². The number of halogens is 2. The Morgan fingerprint density at radius 2 is 1.72 bits per heavy atom. The van der Waals surface area contributed by atoms with Crippen LogP contribution in [-0.4, -0.2) is 43.0 Å². The number of nitrogens with zero attached hydrogens (tertiary/aromatic N) is 2. The number of rotatable bonds is 7. The monoisotopic (exact) mass is 288 g/mol. The second-order valence-corrected chi connectivity index (χ2v) is 5.34. The third kappa shape index (κ3) is 5.15. The van der Waals surface area contributed by atoms with E-state index in [4.69, 9.17) is 23.2 Å². The smallest absolute Gasteiger partial charge is 0.0465 e. The van der Waals surface area contributed by atoms with Crippen LogP contribution in [0.25, 0.3) is 0 Å². The minimum Gasteiger partial charge on any atom is -0.303 e. The first kappa shape index (κ1) is 15.8. The molecule has 0 aliphatic rings. The normalized spacial score (nSPS) is 11.5. The van der Waals surface area contributed by atoms with E-state index in [0.717, 1.165) is 43.3 Å². The zero-order chi connectivity index (χ0) is 13.5. The summed E-state index contributed by atoms with van der Waals surface area (Å²) in [7, 11) is 2.12. The molecule has 0 saturated carbocycles. The van der Waals surface area contributed by atoms with E-state index in [1.165, 1.54) is 0 Å². The standard InChI is InChI=1S/C14H22Cl2N2/c1-4-18(5-2)9-8-17(3)11-12-6-7-13(15)10-14(12)16/h6-7,10H,4-5,8-9,11H2,1-3H3. The van der Waals surface area contributed by atoms with Crippen LogP contribution in [0.4, 0.5) is 0 Å². The van der Waals surface area contributed by atoms with Crippen molar-refractivity contribution in [2.75, 3.05) is 33.2 Å². The molecule has 1 aromatic rings. The molecule has 0 spiro atoms. The van der Waals surface area contributed by atoms with Crippen molar-refractivity contribution in [3.05, 3.63) is 33.8 Å². The fourth-order valence-corrected chi connectivity index (χ4v) is 2.34. The molecule has 0 aliphatic heterocycles. The van der Waals surface area contributed by atoms with Gasteiger partial charge >= 0.3 is 0 Å². The van der Waals surface area contributed by atoms with Gasteiger partial charge in [-0.15, -0.1) is 0 Å². The van der Waals surface area contributed by atoms with Crippen LogP contribution in [0.2, 0.25) is 10.0 Å². The average Bonchev–Trinajstić information content (AvgIpc) is 2.34. The number of benzene rings is 1. The van der Waals surface area contributed by atoms with Gasteiger partial charge in [-0.3, -0.25) is 0 Å². The molecule has 1 rings (SSSR count). The van der Waals surface area contributed by atoms with E-state index in [1.54, 1.807) is 6.07 Å². The first-order chi connectivity index (χ1) is 8.56. The fourth-order valence-electron chi connectivity index (χ4n) is 1.87. The fraction of sp³-hybridized carbons (Fsp3) is 0.571. The van der Waals surface area contributed by atoms with Crippen molar-refractivity contribution in [2.24, 2.45) is 0 Å². The Hall–Kier alpha value is -0.280. The maximum absolute atomic E-state index is 6.17. The maximum atomic E-state index is 6.17. The Morgan fingerprint density at radius 3 is 2.28 bits per heavy atom. The van der Waals surface area contributed by atoms with Crippen LogP contribution in [0.15, 0.2) is 18.2 Å². The van der Waals surface area contributed by atoms with Gasteiger partial charge in [0.1, 0.15) is 0 Å². The highest BCUT2D eigenvalue weighted by Gasteiger charge is 2.06. The Balaban J connectivity index is 2.46. The Labute approximate surface area is 120 Å². The van der Waals surface area contributed by atoms with E-state index in [-0.39, 0.29) is 0 Å². The van der Waals surface area contributed by atoms with Crippen LogP contribution < -0.4 is 0 Å². The molecule has 0 N–H and O–H groups in total. The van der Waals surface area contributed by atoms with E-state index in [2.05, 4.69) is 30.7 Å². The summed E-state index contributed by atoms with van der Waals surface area (Å²) in [5, 5.41) is 1.44. The third-order valence-corrected chi connectivity index (χ3v) is 3.73. The molecule has 0 aromatic heterocycles. The highest BCUT2D eigenvalue weighted by atomic mass is 35.5. The Kier molecular flexibility index (Phi) is 7.02. The summed E-state index contributed by atoms with van der Waals surface area (Å²) in [6.07, 6.45) is 0. The van der Waals surface area contributed by atoms with Crippen molar-refractivity contribution in [3.63, 3.8) is 0 Å². The summed E-state index contributed by atoms with van der Waals surface area (Å²) >= 11 is 12.1. The number of likely N-dealkylation sites (N-methyl/N-ethyl adjacent to an activating group) is 2. The summed E-state index contributed by atoms with van der Waals surface area (Å²) in [6, 6.07) is 5.69. The second kappa shape index (κ2) is 8.00. The molecular weight excluding hydrogens is 267 g/mol. The summed E-state index contributed by atoms with van der Waals surface area (Å²) in [5.41, 5.74) is 1.13. The minimum atomic E-state index is 0.689. The van der Waals surface area contributed by atoms with Crippen molar-refractivity contribution in [2.45, 2.75) is 20.4 Å². The topological polar surface area (TPSA) is 6.48 Å². The van der Waals surface area contributed by atoms with Gasteiger partial charge in [-0.05, 0) is 37.8 Å². The lowest BCUT2D eigenvalue weighted by atomic mass is 10.2. The van der Waals surface area contributed by atoms with Crippen LogP contribution in [0.5, 0.6) is 0 Å². The first-order valence-corrected chi connectivity index (χ1v) is 7.17. The summed E-state index contributed by atoms with van der Waals surface area (Å²) < 4.78 is 0. The quantitative estimate of drug-likeness (QED) is 0.754. The highest BCUT2D eigenvalue weighted by molar-refractivity contribution is 6.35. The van der Waals surface area contributed by atoms with Crippen molar-refractivity contribution < 1.29 is 0 Å². The van der Waals surface area contributed by atoms with Gasteiger partial charge in [-0.25, -0.2) is 0 Å². The van der Waals surface area contributed by atoms with Gasteiger partial charge in [-0.2, -0.15) is 0 Å². The Morgan fingerprint density at radius 1 is 1.06 bits per heavy atom. The summed E-state index contributed by atoms with van der Waals surface area (Å²) in [5.74, 6) is 0. The van der Waals surface area contributed by atoms with Gasteiger partial charge in [0.15, 0.2) is 0 Å². The summed E-state index contributed by atoms with van der Waals surface area (Å²) in [4.78, 5) is 4.70. The average molecular weight is 289 g/mol. The zero-order valence-electron chi connectivity index (χ0n) is 11.4. The van der Waals surface area contributed by atoms with Crippen molar-refractivity contribution >= 4 is 23.2 Å². The van der Waals surface area contributed by atoms with Crippen LogP contribution in [0.1, 0.15) is 19.4 Å². The molecule has 0 unspecified atom stereocenters. The maximum Gasteiger partial charge on any atom is 0.0465 e. The number of hydrogen-bond donors (Lipinski definition) is 0. The predicted octanol–water partition coefficient (Wildman–Crippen LogP) is 3.77. The molecule has 0 fully saturated rings. The molecule has 102 valence electrons. The van der Waals surface area contributed by atoms with Crippen LogP contribution in [-0.2, 0) is 6.54 Å². The van der Waals surface area contributed by atoms with E-state index in [1.807, 2.05) is 12.1 Å². The molecular formula is C14H22Cl2N2. The molecule has 18 heavy (non-hydrogen) atoms. The van der Waals surface area contributed by atoms with Gasteiger partial charge in [0, 0.05) is 29.7 Å². The Bertz CT molecular complexity index is 365. The largest absolute Gasteiger partial charge is 0.303 e. The number of hydrogen-bond acceptors (Lipinski definition) is 2.